The number of allylic oxidation sites excluding steroid dienone is 1. The van der Waals surface area contributed by atoms with Crippen LogP contribution in [-0.4, -0.2) is 96.4 Å². The summed E-state index contributed by atoms with van der Waals surface area (Å²) >= 11 is 0. The Bertz CT molecular complexity index is 1800. The van der Waals surface area contributed by atoms with Gasteiger partial charge in [0.25, 0.3) is 0 Å². The molecule has 0 radical (unpaired) electrons. The molecule has 2 bridgehead atoms. The van der Waals surface area contributed by atoms with Crippen LogP contribution in [0, 0.1) is 41.2 Å². The number of halogens is 3. The van der Waals surface area contributed by atoms with Crippen LogP contribution < -0.4 is 15.0 Å². The highest BCUT2D eigenvalue weighted by Gasteiger charge is 2.48. The first-order valence-corrected chi connectivity index (χ1v) is 17.0. The van der Waals surface area contributed by atoms with Crippen molar-refractivity contribution >= 4 is 22.8 Å². The van der Waals surface area contributed by atoms with Crippen LogP contribution in [0.1, 0.15) is 36.8 Å². The summed E-state index contributed by atoms with van der Waals surface area (Å²) in [6.45, 7) is 6.14. The first-order chi connectivity index (χ1) is 23.2. The van der Waals surface area contributed by atoms with Gasteiger partial charge in [0.1, 0.15) is 29.6 Å². The highest BCUT2D eigenvalue weighted by molar-refractivity contribution is 5.94. The zero-order chi connectivity index (χ0) is 33.2. The molecule has 8 rings (SSSR count). The molecule has 0 spiro atoms. The number of hydrogen-bond acceptors (Lipinski definition) is 8. The van der Waals surface area contributed by atoms with Gasteiger partial charge in [-0.3, -0.25) is 0 Å². The SMILES string of the molecule is C#C/C=C\c1cc(O)cc(-c2c(F)cc3c(N4CC5CCC(C4)N5)nc(OCC4(CN5CC6CN(C)CC6C5)CC4)nc3c2F)c1CF. The number of nitrogens with one attached hydrogen (secondary N) is 1. The number of nitrogens with zero attached hydrogens (tertiary/aromatic N) is 5. The third kappa shape index (κ3) is 5.78. The lowest BCUT2D eigenvalue weighted by Crippen LogP contribution is -2.51. The normalized spacial score (nSPS) is 26.4. The van der Waals surface area contributed by atoms with Crippen molar-refractivity contribution in [2.24, 2.45) is 17.3 Å². The number of rotatable bonds is 9. The molecule has 5 heterocycles. The van der Waals surface area contributed by atoms with Gasteiger partial charge in [-0.1, -0.05) is 5.92 Å². The number of benzene rings is 2. The van der Waals surface area contributed by atoms with Crippen molar-refractivity contribution < 1.29 is 23.0 Å². The van der Waals surface area contributed by atoms with Gasteiger partial charge < -0.3 is 29.9 Å². The average Bonchev–Trinajstić information content (AvgIpc) is 3.42. The molecule has 11 heteroatoms. The first-order valence-electron chi connectivity index (χ1n) is 17.0. The van der Waals surface area contributed by atoms with Crippen molar-refractivity contribution in [1.29, 1.82) is 0 Å². The molecule has 4 saturated heterocycles. The van der Waals surface area contributed by atoms with E-state index in [-0.39, 0.29) is 56.9 Å². The number of ether oxygens (including phenoxy) is 1. The minimum absolute atomic E-state index is 0.00354. The lowest BCUT2D eigenvalue weighted by Gasteiger charge is -2.34. The smallest absolute Gasteiger partial charge is 0.319 e. The van der Waals surface area contributed by atoms with Crippen LogP contribution >= 0.6 is 0 Å². The number of phenolic OH excluding ortho intramolecular Hbond substituents is 1. The summed E-state index contributed by atoms with van der Waals surface area (Å²) in [6, 6.07) is 4.28. The van der Waals surface area contributed by atoms with Crippen molar-refractivity contribution in [3.8, 4) is 35.2 Å². The maximum absolute atomic E-state index is 16.8. The molecule has 5 aliphatic rings. The summed E-state index contributed by atoms with van der Waals surface area (Å²) in [6.07, 6.45) is 12.3. The van der Waals surface area contributed by atoms with Crippen LogP contribution in [0.15, 0.2) is 24.3 Å². The average molecular weight is 659 g/mol. The van der Waals surface area contributed by atoms with Gasteiger partial charge in [-0.15, -0.1) is 6.42 Å². The molecule has 252 valence electrons. The van der Waals surface area contributed by atoms with Crippen molar-refractivity contribution in [3.63, 3.8) is 0 Å². The fourth-order valence-electron chi connectivity index (χ4n) is 8.69. The van der Waals surface area contributed by atoms with E-state index in [9.17, 15) is 9.50 Å². The molecule has 1 aliphatic carbocycles. The lowest BCUT2D eigenvalue weighted by molar-refractivity contribution is 0.161. The first kappa shape index (κ1) is 31.4. The van der Waals surface area contributed by atoms with Gasteiger partial charge in [0, 0.05) is 68.7 Å². The van der Waals surface area contributed by atoms with Crippen molar-refractivity contribution in [2.45, 2.75) is 44.4 Å². The minimum atomic E-state index is -1.03. The van der Waals surface area contributed by atoms with Gasteiger partial charge in [0.15, 0.2) is 5.82 Å². The van der Waals surface area contributed by atoms with Gasteiger partial charge in [0.05, 0.1) is 12.2 Å². The van der Waals surface area contributed by atoms with E-state index in [2.05, 4.69) is 38.0 Å². The van der Waals surface area contributed by atoms with Crippen LogP contribution in [0.4, 0.5) is 19.0 Å². The molecule has 48 heavy (non-hydrogen) atoms. The van der Waals surface area contributed by atoms with Gasteiger partial charge in [0.2, 0.25) is 0 Å². The largest absolute Gasteiger partial charge is 0.508 e. The second-order valence-corrected chi connectivity index (χ2v) is 14.7. The van der Waals surface area contributed by atoms with Gasteiger partial charge in [-0.05, 0) is 91.6 Å². The summed E-state index contributed by atoms with van der Waals surface area (Å²) in [5.74, 6) is 2.07. The number of phenols is 1. The van der Waals surface area contributed by atoms with Gasteiger partial charge >= 0.3 is 6.01 Å². The molecule has 3 aromatic rings. The van der Waals surface area contributed by atoms with E-state index in [0.717, 1.165) is 70.2 Å². The number of aromatic hydroxyl groups is 1. The third-order valence-electron chi connectivity index (χ3n) is 11.2. The fourth-order valence-corrected chi connectivity index (χ4v) is 8.69. The molecule has 0 amide bonds. The second-order valence-electron chi connectivity index (χ2n) is 14.7. The van der Waals surface area contributed by atoms with Crippen LogP contribution in [0.25, 0.3) is 28.1 Å². The molecular weight excluding hydrogens is 617 g/mol. The Balaban J connectivity index is 1.16. The number of terminal acetylenes is 1. The van der Waals surface area contributed by atoms with Gasteiger partial charge in [-0.25, -0.2) is 13.2 Å². The van der Waals surface area contributed by atoms with Crippen LogP contribution in [0.5, 0.6) is 11.8 Å². The number of aromatic nitrogens is 2. The molecule has 4 unspecified atom stereocenters. The van der Waals surface area contributed by atoms with Crippen molar-refractivity contribution in [2.75, 3.05) is 64.4 Å². The van der Waals surface area contributed by atoms with E-state index in [4.69, 9.17) is 16.1 Å². The maximum atomic E-state index is 16.8. The van der Waals surface area contributed by atoms with E-state index in [1.54, 1.807) is 0 Å². The van der Waals surface area contributed by atoms with Crippen molar-refractivity contribution in [3.05, 3.63) is 47.0 Å². The Morgan fingerprint density at radius 2 is 1.79 bits per heavy atom. The molecule has 4 atom stereocenters. The Morgan fingerprint density at radius 1 is 1.06 bits per heavy atom. The van der Waals surface area contributed by atoms with Crippen molar-refractivity contribution in [1.82, 2.24) is 25.1 Å². The Labute approximate surface area is 279 Å². The molecular formula is C37H41F3N6O2. The Hall–Kier alpha value is -3.85. The number of hydrogen-bond donors (Lipinski definition) is 2. The fraction of sp³-hybridized carbons (Fsp3) is 0.514. The third-order valence-corrected chi connectivity index (χ3v) is 11.2. The van der Waals surface area contributed by atoms with E-state index in [0.29, 0.717) is 25.5 Å². The van der Waals surface area contributed by atoms with E-state index in [1.165, 1.54) is 30.4 Å². The van der Waals surface area contributed by atoms with Gasteiger partial charge in [-0.2, -0.15) is 9.97 Å². The zero-order valence-electron chi connectivity index (χ0n) is 27.2. The highest BCUT2D eigenvalue weighted by atomic mass is 19.1. The maximum Gasteiger partial charge on any atom is 0.319 e. The quantitative estimate of drug-likeness (QED) is 0.312. The lowest BCUT2D eigenvalue weighted by atomic mass is 9.93. The van der Waals surface area contributed by atoms with Crippen LogP contribution in [0.2, 0.25) is 0 Å². The number of alkyl halides is 1. The van der Waals surface area contributed by atoms with Crippen LogP contribution in [-0.2, 0) is 6.67 Å². The predicted molar refractivity (Wildman–Crippen MR) is 179 cm³/mol. The summed E-state index contributed by atoms with van der Waals surface area (Å²) in [7, 11) is 2.20. The molecule has 4 aliphatic heterocycles. The Kier molecular flexibility index (Phi) is 8.01. The van der Waals surface area contributed by atoms with Crippen LogP contribution in [0.3, 0.4) is 0 Å². The topological polar surface area (TPSA) is 77.0 Å². The monoisotopic (exact) mass is 658 g/mol. The number of fused-ring (bicyclic) bond motifs is 4. The standard InChI is InChI=1S/C37H41F3N6O2/c1-3-4-5-22-10-27(47)11-28(30(22)13-38)32-31(39)12-29-34(33(32)40)42-36(43-35(29)46-18-25-6-7-26(19-46)41-25)48-21-37(8-9-37)20-45-16-23-14-44(2)15-24(23)17-45/h1,4-5,10-12,23-26,41,47H,6-9,13-21H2,2H3/b5-4-. The summed E-state index contributed by atoms with van der Waals surface area (Å²) in [5.41, 5.74) is -0.435. The summed E-state index contributed by atoms with van der Waals surface area (Å²) in [4.78, 5) is 16.4. The number of anilines is 1. The number of likely N-dealkylation sites (tertiary alicyclic amines) is 2. The molecule has 1 saturated carbocycles. The van der Waals surface area contributed by atoms with E-state index >= 15 is 8.78 Å². The Morgan fingerprint density at radius 3 is 2.46 bits per heavy atom. The van der Waals surface area contributed by atoms with E-state index < -0.39 is 23.9 Å². The highest BCUT2D eigenvalue weighted by Crippen LogP contribution is 2.48. The number of piperazine rings is 1. The predicted octanol–water partition coefficient (Wildman–Crippen LogP) is 4.99. The minimum Gasteiger partial charge on any atom is -0.508 e. The molecule has 5 fully saturated rings. The molecule has 1 aromatic heterocycles. The van der Waals surface area contributed by atoms with E-state index in [1.807, 2.05) is 0 Å². The second kappa shape index (κ2) is 12.2. The summed E-state index contributed by atoms with van der Waals surface area (Å²) in [5, 5.41) is 14.3. The summed E-state index contributed by atoms with van der Waals surface area (Å²) < 4.78 is 53.7. The molecule has 2 aromatic carbocycles. The zero-order valence-corrected chi connectivity index (χ0v) is 27.2. The molecule has 2 N–H and O–H groups in total. The molecule has 8 nitrogen and oxygen atoms in total.